The third kappa shape index (κ3) is 15.1. The van der Waals surface area contributed by atoms with Crippen LogP contribution >= 0.6 is 19.4 Å². The van der Waals surface area contributed by atoms with Crippen LogP contribution in [-0.2, 0) is 34.4 Å². The van der Waals surface area contributed by atoms with E-state index in [1.54, 1.807) is 30.3 Å². The maximum absolute atomic E-state index is 13.1. The first-order chi connectivity index (χ1) is 27.5. The van der Waals surface area contributed by atoms with Gasteiger partial charge in [-0.3, -0.25) is 9.05 Å². The molecule has 318 valence electrons. The van der Waals surface area contributed by atoms with E-state index in [4.69, 9.17) is 40.6 Å². The highest BCUT2D eigenvalue weighted by Crippen LogP contribution is 2.47. The Labute approximate surface area is 342 Å². The van der Waals surface area contributed by atoms with Gasteiger partial charge in [-0.15, -0.1) is 0 Å². The zero-order valence-electron chi connectivity index (χ0n) is 33.6. The van der Waals surface area contributed by atoms with Crippen LogP contribution in [0.15, 0.2) is 36.7 Å². The van der Waals surface area contributed by atoms with E-state index in [-0.39, 0.29) is 25.6 Å². The van der Waals surface area contributed by atoms with E-state index in [2.05, 4.69) is 17.0 Å². The SMILES string of the molecule is CCCCCCCCCCCCCCCCCCOC[C@H](COP(=O)(O)OC[C@@]1(C)O[C@@H](c2ccc3c(N)ncnn23)[C@H](O)[C@@H]1O)OCc1ccc(C#N)c(Cl)c1. The molecule has 3 aromatic rings. The van der Waals surface area contributed by atoms with Crippen LogP contribution < -0.4 is 5.73 Å². The molecule has 1 fully saturated rings. The van der Waals surface area contributed by atoms with E-state index in [1.165, 1.54) is 101 Å². The van der Waals surface area contributed by atoms with Gasteiger partial charge in [0.05, 0.1) is 42.7 Å². The number of aromatic nitrogens is 3. The normalized spacial score (nSPS) is 21.2. The Balaban J connectivity index is 1.18. The average molecular weight is 836 g/mol. The molecule has 1 unspecified atom stereocenters. The summed E-state index contributed by atoms with van der Waals surface area (Å²) in [7, 11) is -4.71. The lowest BCUT2D eigenvalue weighted by molar-refractivity contribution is -0.102. The number of hydrogen-bond acceptors (Lipinski definition) is 12. The second kappa shape index (κ2) is 24.4. The van der Waals surface area contributed by atoms with E-state index in [1.807, 2.05) is 6.07 Å². The first-order valence-electron chi connectivity index (χ1n) is 20.6. The number of fused-ring (bicyclic) bond motifs is 1. The lowest BCUT2D eigenvalue weighted by Crippen LogP contribution is -2.44. The number of rotatable bonds is 29. The van der Waals surface area contributed by atoms with Gasteiger partial charge in [0, 0.05) is 6.61 Å². The number of benzene rings is 1. The fourth-order valence-electron chi connectivity index (χ4n) is 6.99. The number of aliphatic hydroxyl groups is 2. The molecule has 1 aliphatic rings. The summed E-state index contributed by atoms with van der Waals surface area (Å²) in [6.07, 6.45) is 17.0. The average Bonchev–Trinajstić information content (AvgIpc) is 3.73. The Kier molecular flexibility index (Phi) is 20.1. The number of hydrogen-bond donors (Lipinski definition) is 4. The Morgan fingerprint density at radius 1 is 0.965 bits per heavy atom. The minimum atomic E-state index is -4.71. The molecule has 1 saturated heterocycles. The van der Waals surface area contributed by atoms with Gasteiger partial charge in [-0.25, -0.2) is 14.1 Å². The van der Waals surface area contributed by atoms with Crippen molar-refractivity contribution in [2.75, 3.05) is 32.2 Å². The first kappa shape index (κ1) is 47.0. The molecule has 57 heavy (non-hydrogen) atoms. The Morgan fingerprint density at radius 3 is 2.21 bits per heavy atom. The second-order valence-corrected chi connectivity index (χ2v) is 17.1. The standard InChI is InChI=1S/C41H63ClN5O9P/c1-3-4-5-6-7-8-9-10-11-12-13-14-15-16-17-18-23-52-27-33(53-26-31-19-20-32(25-43)34(42)24-31)28-54-57(50,51)55-29-41(2)39(49)37(48)38(56-41)35-21-22-36-40(44)45-30-46-47(35)36/h19-22,24,30,33,37-39,48-49H,3-18,23,26-29H2,1-2H3,(H,50,51)(H2,44,45,46)/t33-,37+,38+,39+,41-/m1/s1. The van der Waals surface area contributed by atoms with E-state index in [9.17, 15) is 24.9 Å². The smallest absolute Gasteiger partial charge is 0.387 e. The molecule has 3 heterocycles. The maximum atomic E-state index is 13.1. The van der Waals surface area contributed by atoms with E-state index in [0.717, 1.165) is 19.3 Å². The van der Waals surface area contributed by atoms with Crippen LogP contribution in [0.2, 0.25) is 5.02 Å². The molecule has 0 radical (unpaired) electrons. The molecule has 1 aromatic carbocycles. The topological polar surface area (TPSA) is 204 Å². The molecule has 5 N–H and O–H groups in total. The van der Waals surface area contributed by atoms with Crippen molar-refractivity contribution in [3.63, 3.8) is 0 Å². The summed E-state index contributed by atoms with van der Waals surface area (Å²) in [4.78, 5) is 14.6. The molecule has 14 nitrogen and oxygen atoms in total. The Hall–Kier alpha value is -2.67. The summed E-state index contributed by atoms with van der Waals surface area (Å²) < 4.78 is 43.1. The van der Waals surface area contributed by atoms with Gasteiger partial charge in [-0.05, 0) is 43.2 Å². The summed E-state index contributed by atoms with van der Waals surface area (Å²) >= 11 is 6.20. The van der Waals surface area contributed by atoms with Crippen LogP contribution in [0.1, 0.15) is 140 Å². The molecular formula is C41H63ClN5O9P. The number of ether oxygens (including phenoxy) is 3. The number of unbranched alkanes of at least 4 members (excludes halogenated alkanes) is 15. The van der Waals surface area contributed by atoms with Gasteiger partial charge < -0.3 is 35.1 Å². The number of halogens is 1. The highest BCUT2D eigenvalue weighted by atomic mass is 35.5. The first-order valence-corrected chi connectivity index (χ1v) is 22.5. The predicted molar refractivity (Wildman–Crippen MR) is 218 cm³/mol. The van der Waals surface area contributed by atoms with Gasteiger partial charge in [0.1, 0.15) is 47.9 Å². The van der Waals surface area contributed by atoms with Gasteiger partial charge >= 0.3 is 7.82 Å². The fourth-order valence-corrected chi connectivity index (χ4v) is 8.08. The molecule has 0 amide bonds. The molecule has 0 aliphatic carbocycles. The van der Waals surface area contributed by atoms with E-state index < -0.39 is 44.4 Å². The quantitative estimate of drug-likeness (QED) is 0.0384. The van der Waals surface area contributed by atoms with Gasteiger partial charge in [0.2, 0.25) is 0 Å². The molecule has 4 rings (SSSR count). The largest absolute Gasteiger partial charge is 0.472 e. The van der Waals surface area contributed by atoms with Crippen molar-refractivity contribution in [1.82, 2.24) is 14.6 Å². The number of nitrogens with two attached hydrogens (primary N) is 1. The highest BCUT2D eigenvalue weighted by Gasteiger charge is 2.53. The summed E-state index contributed by atoms with van der Waals surface area (Å²) in [6.45, 7) is 3.47. The molecule has 2 aromatic heterocycles. The fraction of sp³-hybridized carbons (Fsp3) is 0.683. The summed E-state index contributed by atoms with van der Waals surface area (Å²) in [5.41, 5.74) is 6.28. The lowest BCUT2D eigenvalue weighted by Gasteiger charge is -2.28. The van der Waals surface area contributed by atoms with Crippen LogP contribution in [0.4, 0.5) is 5.82 Å². The molecular weight excluding hydrogens is 773 g/mol. The van der Waals surface area contributed by atoms with Crippen molar-refractivity contribution in [3.8, 4) is 6.07 Å². The van der Waals surface area contributed by atoms with Crippen molar-refractivity contribution in [1.29, 1.82) is 5.26 Å². The maximum Gasteiger partial charge on any atom is 0.472 e. The van der Waals surface area contributed by atoms with Gasteiger partial charge in [0.25, 0.3) is 0 Å². The third-order valence-electron chi connectivity index (χ3n) is 10.5. The number of aliphatic hydroxyl groups excluding tert-OH is 2. The molecule has 0 spiro atoms. The van der Waals surface area contributed by atoms with Gasteiger partial charge in [0.15, 0.2) is 5.82 Å². The second-order valence-electron chi connectivity index (χ2n) is 15.3. The van der Waals surface area contributed by atoms with Crippen molar-refractivity contribution in [2.24, 2.45) is 0 Å². The number of phosphoric acid groups is 1. The van der Waals surface area contributed by atoms with Crippen LogP contribution in [-0.4, -0.2) is 80.0 Å². The van der Waals surface area contributed by atoms with Gasteiger partial charge in [-0.1, -0.05) is 121 Å². The van der Waals surface area contributed by atoms with Crippen molar-refractivity contribution in [3.05, 3.63) is 58.5 Å². The van der Waals surface area contributed by atoms with E-state index >= 15 is 0 Å². The zero-order chi connectivity index (χ0) is 41.1. The van der Waals surface area contributed by atoms with Gasteiger partial charge in [-0.2, -0.15) is 10.4 Å². The molecule has 6 atom stereocenters. The Morgan fingerprint density at radius 2 is 1.60 bits per heavy atom. The minimum absolute atomic E-state index is 0.0841. The van der Waals surface area contributed by atoms with Crippen LogP contribution in [0.25, 0.3) is 5.52 Å². The number of nitrogen functional groups attached to an aromatic ring is 1. The Bertz CT molecular complexity index is 1730. The lowest BCUT2D eigenvalue weighted by atomic mass is 9.97. The molecule has 0 bridgehead atoms. The molecule has 1 aliphatic heterocycles. The zero-order valence-corrected chi connectivity index (χ0v) is 35.3. The van der Waals surface area contributed by atoms with E-state index in [0.29, 0.717) is 34.0 Å². The molecule has 16 heteroatoms. The number of anilines is 1. The van der Waals surface area contributed by atoms with Crippen molar-refractivity contribution in [2.45, 2.75) is 153 Å². The summed E-state index contributed by atoms with van der Waals surface area (Å²) in [6, 6.07) is 10.3. The highest BCUT2D eigenvalue weighted by molar-refractivity contribution is 7.47. The van der Waals surface area contributed by atoms with Crippen LogP contribution in [0, 0.1) is 11.3 Å². The number of phosphoric ester groups is 1. The van der Waals surface area contributed by atoms with Crippen LogP contribution in [0.3, 0.4) is 0 Å². The van der Waals surface area contributed by atoms with Crippen LogP contribution in [0.5, 0.6) is 0 Å². The number of nitriles is 1. The third-order valence-corrected chi connectivity index (χ3v) is 11.7. The summed E-state index contributed by atoms with van der Waals surface area (Å²) in [5.74, 6) is 0.224. The summed E-state index contributed by atoms with van der Waals surface area (Å²) in [5, 5.41) is 35.5. The predicted octanol–water partition coefficient (Wildman–Crippen LogP) is 8.39. The van der Waals surface area contributed by atoms with Crippen molar-refractivity contribution >= 4 is 30.8 Å². The number of nitrogens with zero attached hydrogens (tertiary/aromatic N) is 4. The molecule has 0 saturated carbocycles. The van der Waals surface area contributed by atoms with Crippen molar-refractivity contribution < 1.29 is 42.9 Å². The monoisotopic (exact) mass is 835 g/mol. The minimum Gasteiger partial charge on any atom is -0.387 e.